The molecule has 3 nitrogen and oxygen atoms in total. The number of nitrogens with one attached hydrogen (secondary N) is 1. The van der Waals surface area contributed by atoms with Crippen molar-refractivity contribution in [3.63, 3.8) is 0 Å². The summed E-state index contributed by atoms with van der Waals surface area (Å²) in [4.78, 5) is 0. The lowest BCUT2D eigenvalue weighted by Gasteiger charge is -2.12. The van der Waals surface area contributed by atoms with Crippen LogP contribution in [0, 0.1) is 0 Å². The fourth-order valence-corrected chi connectivity index (χ4v) is 2.99. The molecule has 0 aliphatic carbocycles. The Balaban J connectivity index is 1.63. The van der Waals surface area contributed by atoms with Crippen molar-refractivity contribution < 1.29 is 9.47 Å². The monoisotopic (exact) mass is 253 g/mol. The molecular formula is C13H19NO2S. The second-order valence-electron chi connectivity index (χ2n) is 4.04. The van der Waals surface area contributed by atoms with E-state index in [9.17, 15) is 0 Å². The summed E-state index contributed by atoms with van der Waals surface area (Å²) in [5.41, 5.74) is 0. The van der Waals surface area contributed by atoms with Crippen LogP contribution in [0.25, 0.3) is 0 Å². The summed E-state index contributed by atoms with van der Waals surface area (Å²) in [5.74, 6) is 4.28. The lowest BCUT2D eigenvalue weighted by Crippen LogP contribution is -2.32. The Morgan fingerprint density at radius 2 is 2.06 bits per heavy atom. The standard InChI is InChI=1S/C13H19NO2S/c1-15-12-2-4-13(5-3-12)16-8-7-14-11-6-9-17-10-11/h2-5,11,14H,6-10H2,1H3. The molecule has 1 aromatic carbocycles. The minimum atomic E-state index is 0.680. The molecular weight excluding hydrogens is 234 g/mol. The van der Waals surface area contributed by atoms with Gasteiger partial charge in [-0.1, -0.05) is 0 Å². The summed E-state index contributed by atoms with van der Waals surface area (Å²) in [6.45, 7) is 1.63. The Morgan fingerprint density at radius 3 is 2.71 bits per heavy atom. The van der Waals surface area contributed by atoms with Crippen molar-refractivity contribution >= 4 is 11.8 Å². The van der Waals surface area contributed by atoms with Gasteiger partial charge < -0.3 is 14.8 Å². The topological polar surface area (TPSA) is 30.5 Å². The van der Waals surface area contributed by atoms with Crippen LogP contribution in [-0.2, 0) is 0 Å². The third kappa shape index (κ3) is 4.13. The number of hydrogen-bond donors (Lipinski definition) is 1. The second-order valence-corrected chi connectivity index (χ2v) is 5.19. The molecule has 1 saturated heterocycles. The van der Waals surface area contributed by atoms with Gasteiger partial charge in [-0.2, -0.15) is 11.8 Å². The first-order chi connectivity index (χ1) is 8.38. The van der Waals surface area contributed by atoms with E-state index in [1.54, 1.807) is 7.11 Å². The first-order valence-electron chi connectivity index (χ1n) is 5.96. The number of methoxy groups -OCH3 is 1. The lowest BCUT2D eigenvalue weighted by atomic mass is 10.3. The highest BCUT2D eigenvalue weighted by Crippen LogP contribution is 2.18. The van der Waals surface area contributed by atoms with Crippen molar-refractivity contribution in [1.82, 2.24) is 5.32 Å². The Morgan fingerprint density at radius 1 is 1.29 bits per heavy atom. The van der Waals surface area contributed by atoms with Gasteiger partial charge in [0.15, 0.2) is 0 Å². The Bertz CT molecular complexity index is 323. The van der Waals surface area contributed by atoms with Crippen LogP contribution in [-0.4, -0.2) is 37.8 Å². The van der Waals surface area contributed by atoms with E-state index in [0.717, 1.165) is 18.0 Å². The smallest absolute Gasteiger partial charge is 0.119 e. The molecule has 1 N–H and O–H groups in total. The average Bonchev–Trinajstić information content (AvgIpc) is 2.88. The predicted molar refractivity (Wildman–Crippen MR) is 72.2 cm³/mol. The highest BCUT2D eigenvalue weighted by Gasteiger charge is 2.13. The maximum Gasteiger partial charge on any atom is 0.119 e. The summed E-state index contributed by atoms with van der Waals surface area (Å²) in [6, 6.07) is 8.38. The summed E-state index contributed by atoms with van der Waals surface area (Å²) in [5, 5.41) is 3.50. The van der Waals surface area contributed by atoms with Crippen LogP contribution in [0.4, 0.5) is 0 Å². The molecule has 1 aliphatic heterocycles. The third-order valence-electron chi connectivity index (χ3n) is 2.79. The van der Waals surface area contributed by atoms with E-state index in [1.807, 2.05) is 36.0 Å². The molecule has 1 fully saturated rings. The van der Waals surface area contributed by atoms with Crippen molar-refractivity contribution in [2.75, 3.05) is 31.8 Å². The number of thioether (sulfide) groups is 1. The highest BCUT2D eigenvalue weighted by molar-refractivity contribution is 7.99. The normalized spacial score (nSPS) is 19.2. The SMILES string of the molecule is COc1ccc(OCCNC2CCSC2)cc1. The number of benzene rings is 1. The second kappa shape index (κ2) is 6.77. The molecule has 1 aromatic rings. The number of rotatable bonds is 6. The van der Waals surface area contributed by atoms with E-state index >= 15 is 0 Å². The zero-order valence-electron chi connectivity index (χ0n) is 10.1. The van der Waals surface area contributed by atoms with Crippen LogP contribution in [0.5, 0.6) is 11.5 Å². The number of hydrogen-bond acceptors (Lipinski definition) is 4. The van der Waals surface area contributed by atoms with E-state index in [2.05, 4.69) is 5.32 Å². The van der Waals surface area contributed by atoms with Gasteiger partial charge in [-0.15, -0.1) is 0 Å². The predicted octanol–water partition coefficient (Wildman–Crippen LogP) is 2.17. The molecule has 0 amide bonds. The molecule has 1 heterocycles. The molecule has 0 saturated carbocycles. The van der Waals surface area contributed by atoms with Gasteiger partial charge in [0.1, 0.15) is 18.1 Å². The Hall–Kier alpha value is -0.870. The molecule has 94 valence electrons. The molecule has 1 unspecified atom stereocenters. The van der Waals surface area contributed by atoms with Gasteiger partial charge in [-0.05, 0) is 36.4 Å². The van der Waals surface area contributed by atoms with Gasteiger partial charge in [0, 0.05) is 18.3 Å². The largest absolute Gasteiger partial charge is 0.497 e. The fourth-order valence-electron chi connectivity index (χ4n) is 1.80. The van der Waals surface area contributed by atoms with E-state index in [1.165, 1.54) is 17.9 Å². The van der Waals surface area contributed by atoms with Crippen LogP contribution in [0.15, 0.2) is 24.3 Å². The lowest BCUT2D eigenvalue weighted by molar-refractivity contribution is 0.307. The minimum absolute atomic E-state index is 0.680. The average molecular weight is 253 g/mol. The summed E-state index contributed by atoms with van der Waals surface area (Å²) in [7, 11) is 1.67. The maximum absolute atomic E-state index is 5.64. The Labute approximate surface area is 107 Å². The fraction of sp³-hybridized carbons (Fsp3) is 0.538. The van der Waals surface area contributed by atoms with Gasteiger partial charge in [-0.25, -0.2) is 0 Å². The molecule has 4 heteroatoms. The number of ether oxygens (including phenoxy) is 2. The maximum atomic E-state index is 5.64. The van der Waals surface area contributed by atoms with Crippen LogP contribution in [0.2, 0.25) is 0 Å². The van der Waals surface area contributed by atoms with E-state index < -0.39 is 0 Å². The van der Waals surface area contributed by atoms with E-state index in [4.69, 9.17) is 9.47 Å². The molecule has 1 aliphatic rings. The highest BCUT2D eigenvalue weighted by atomic mass is 32.2. The molecule has 17 heavy (non-hydrogen) atoms. The molecule has 0 aromatic heterocycles. The first-order valence-corrected chi connectivity index (χ1v) is 7.12. The van der Waals surface area contributed by atoms with Crippen LogP contribution in [0.3, 0.4) is 0 Å². The van der Waals surface area contributed by atoms with Crippen molar-refractivity contribution in [1.29, 1.82) is 0 Å². The minimum Gasteiger partial charge on any atom is -0.497 e. The third-order valence-corrected chi connectivity index (χ3v) is 3.96. The Kier molecular flexibility index (Phi) is 5.01. The molecule has 1 atom stereocenters. The summed E-state index contributed by atoms with van der Waals surface area (Å²) >= 11 is 2.02. The molecule has 0 radical (unpaired) electrons. The van der Waals surface area contributed by atoms with Crippen LogP contribution < -0.4 is 14.8 Å². The van der Waals surface area contributed by atoms with Crippen molar-refractivity contribution in [3.8, 4) is 11.5 Å². The van der Waals surface area contributed by atoms with Crippen molar-refractivity contribution in [3.05, 3.63) is 24.3 Å². The van der Waals surface area contributed by atoms with E-state index in [0.29, 0.717) is 12.6 Å². The molecule has 0 bridgehead atoms. The van der Waals surface area contributed by atoms with Crippen molar-refractivity contribution in [2.24, 2.45) is 0 Å². The van der Waals surface area contributed by atoms with Gasteiger partial charge >= 0.3 is 0 Å². The van der Waals surface area contributed by atoms with Gasteiger partial charge in [0.05, 0.1) is 7.11 Å². The molecule has 2 rings (SSSR count). The first kappa shape index (κ1) is 12.6. The van der Waals surface area contributed by atoms with Gasteiger partial charge in [0.2, 0.25) is 0 Å². The van der Waals surface area contributed by atoms with E-state index in [-0.39, 0.29) is 0 Å². The zero-order chi connectivity index (χ0) is 11.9. The summed E-state index contributed by atoms with van der Waals surface area (Å²) in [6.07, 6.45) is 1.28. The van der Waals surface area contributed by atoms with Crippen LogP contribution in [0.1, 0.15) is 6.42 Å². The zero-order valence-corrected chi connectivity index (χ0v) is 11.0. The summed E-state index contributed by atoms with van der Waals surface area (Å²) < 4.78 is 10.7. The molecule has 0 spiro atoms. The van der Waals surface area contributed by atoms with Crippen molar-refractivity contribution in [2.45, 2.75) is 12.5 Å². The van der Waals surface area contributed by atoms with Crippen LogP contribution >= 0.6 is 11.8 Å². The van der Waals surface area contributed by atoms with Gasteiger partial charge in [0.25, 0.3) is 0 Å². The quantitative estimate of drug-likeness (QED) is 0.787. The van der Waals surface area contributed by atoms with Gasteiger partial charge in [-0.3, -0.25) is 0 Å².